The summed E-state index contributed by atoms with van der Waals surface area (Å²) in [7, 11) is -3.86. The highest BCUT2D eigenvalue weighted by Gasteiger charge is 2.12. The van der Waals surface area contributed by atoms with E-state index < -0.39 is 21.1 Å². The standard InChI is InChI=1S/C12H10N4O4S.ClH/c13-8-4-9-10(16-12(18)11(17)15-9)6-2-1-5(3-7(6)8)21(14,19)20;/h1-4H,13H2,(H,15,17)(H,16,18)(H2,14,19,20);1H. The lowest BCUT2D eigenvalue weighted by molar-refractivity contribution is 0.598. The molecule has 0 atom stereocenters. The van der Waals surface area contributed by atoms with Crippen LogP contribution in [0.5, 0.6) is 0 Å². The molecule has 0 radical (unpaired) electrons. The number of nitrogens with one attached hydrogen (secondary N) is 2. The third-order valence-corrected chi connectivity index (χ3v) is 4.07. The number of nitrogen functional groups attached to an aromatic ring is 1. The normalized spacial score (nSPS) is 11.5. The van der Waals surface area contributed by atoms with Crippen LogP contribution in [0.1, 0.15) is 0 Å². The van der Waals surface area contributed by atoms with Crippen molar-refractivity contribution in [2.45, 2.75) is 4.90 Å². The fourth-order valence-corrected chi connectivity index (χ4v) is 2.73. The van der Waals surface area contributed by atoms with Gasteiger partial charge >= 0.3 is 11.1 Å². The molecule has 0 bridgehead atoms. The molecular formula is C12H11ClN4O4S. The van der Waals surface area contributed by atoms with Gasteiger partial charge in [-0.05, 0) is 18.2 Å². The molecule has 22 heavy (non-hydrogen) atoms. The van der Waals surface area contributed by atoms with Crippen molar-refractivity contribution in [2.24, 2.45) is 5.14 Å². The van der Waals surface area contributed by atoms with Gasteiger partial charge in [-0.2, -0.15) is 0 Å². The first-order valence-electron chi connectivity index (χ1n) is 5.79. The van der Waals surface area contributed by atoms with E-state index in [2.05, 4.69) is 9.97 Å². The summed E-state index contributed by atoms with van der Waals surface area (Å²) < 4.78 is 22.8. The zero-order chi connectivity index (χ0) is 15.4. The number of anilines is 1. The number of benzene rings is 2. The zero-order valence-electron chi connectivity index (χ0n) is 10.9. The number of aromatic amines is 2. The van der Waals surface area contributed by atoms with Gasteiger partial charge in [-0.1, -0.05) is 6.07 Å². The zero-order valence-corrected chi connectivity index (χ0v) is 12.5. The van der Waals surface area contributed by atoms with Crippen molar-refractivity contribution in [3.8, 4) is 0 Å². The lowest BCUT2D eigenvalue weighted by atomic mass is 10.1. The van der Waals surface area contributed by atoms with Crippen molar-refractivity contribution in [1.82, 2.24) is 9.97 Å². The molecule has 3 rings (SSSR count). The molecule has 0 saturated heterocycles. The maximum atomic E-state index is 11.4. The highest BCUT2D eigenvalue weighted by Crippen LogP contribution is 2.29. The number of rotatable bonds is 1. The van der Waals surface area contributed by atoms with Crippen LogP contribution in [0.2, 0.25) is 0 Å². The van der Waals surface area contributed by atoms with E-state index in [1.54, 1.807) is 0 Å². The number of H-pyrrole nitrogens is 2. The van der Waals surface area contributed by atoms with Crippen LogP contribution in [0.25, 0.3) is 21.8 Å². The average Bonchev–Trinajstić information content (AvgIpc) is 2.40. The Balaban J connectivity index is 0.00000176. The molecule has 6 N–H and O–H groups in total. The van der Waals surface area contributed by atoms with Gasteiger partial charge in [0.25, 0.3) is 0 Å². The molecule has 116 valence electrons. The third-order valence-electron chi connectivity index (χ3n) is 3.16. The van der Waals surface area contributed by atoms with Crippen LogP contribution in [0.4, 0.5) is 5.69 Å². The molecule has 0 amide bonds. The predicted octanol–water partition coefficient (Wildman–Crippen LogP) is 0.0210. The monoisotopic (exact) mass is 342 g/mol. The van der Waals surface area contributed by atoms with Gasteiger partial charge in [0.2, 0.25) is 10.0 Å². The first-order valence-corrected chi connectivity index (χ1v) is 7.33. The maximum absolute atomic E-state index is 11.4. The van der Waals surface area contributed by atoms with Crippen molar-refractivity contribution in [2.75, 3.05) is 5.73 Å². The topological polar surface area (TPSA) is 152 Å². The predicted molar refractivity (Wildman–Crippen MR) is 85.7 cm³/mol. The summed E-state index contributed by atoms with van der Waals surface area (Å²) in [6.07, 6.45) is 0. The summed E-state index contributed by atoms with van der Waals surface area (Å²) in [5.41, 5.74) is 5.26. The molecule has 0 aliphatic heterocycles. The van der Waals surface area contributed by atoms with Crippen LogP contribution in [0, 0.1) is 0 Å². The second-order valence-corrected chi connectivity index (χ2v) is 6.11. The molecule has 0 aliphatic carbocycles. The molecule has 0 unspecified atom stereocenters. The van der Waals surface area contributed by atoms with Crippen LogP contribution in [0.3, 0.4) is 0 Å². The van der Waals surface area contributed by atoms with Gasteiger partial charge in [-0.15, -0.1) is 12.4 Å². The fourth-order valence-electron chi connectivity index (χ4n) is 2.19. The van der Waals surface area contributed by atoms with Crippen LogP contribution >= 0.6 is 12.4 Å². The lowest BCUT2D eigenvalue weighted by Crippen LogP contribution is -2.29. The van der Waals surface area contributed by atoms with Gasteiger partial charge in [-0.3, -0.25) is 9.59 Å². The fraction of sp³-hybridized carbons (Fsp3) is 0. The SMILES string of the molecule is Cl.Nc1cc2[nH]c(=O)c(=O)[nH]c2c2ccc(S(N)(=O)=O)cc12. The summed E-state index contributed by atoms with van der Waals surface area (Å²) in [6.45, 7) is 0. The molecule has 3 aromatic rings. The van der Waals surface area contributed by atoms with E-state index in [-0.39, 0.29) is 23.0 Å². The van der Waals surface area contributed by atoms with Gasteiger partial charge in [0.05, 0.1) is 15.9 Å². The Hall–Kier alpha value is -2.36. The number of halogens is 1. The molecule has 0 aliphatic rings. The first-order chi connectivity index (χ1) is 9.77. The van der Waals surface area contributed by atoms with Crippen molar-refractivity contribution in [3.05, 3.63) is 45.0 Å². The molecule has 8 nitrogen and oxygen atoms in total. The average molecular weight is 343 g/mol. The molecular weight excluding hydrogens is 332 g/mol. The molecule has 2 aromatic carbocycles. The van der Waals surface area contributed by atoms with Gasteiger partial charge in [-0.25, -0.2) is 13.6 Å². The number of fused-ring (bicyclic) bond motifs is 3. The molecule has 1 heterocycles. The largest absolute Gasteiger partial charge is 0.398 e. The number of sulfonamides is 1. The van der Waals surface area contributed by atoms with E-state index in [0.29, 0.717) is 21.8 Å². The summed E-state index contributed by atoms with van der Waals surface area (Å²) >= 11 is 0. The summed E-state index contributed by atoms with van der Waals surface area (Å²) in [5, 5.41) is 6.00. The molecule has 0 spiro atoms. The van der Waals surface area contributed by atoms with E-state index in [4.69, 9.17) is 10.9 Å². The Labute approximate surface area is 129 Å². The Morgan fingerprint density at radius 1 is 0.955 bits per heavy atom. The quantitative estimate of drug-likeness (QED) is 0.279. The van der Waals surface area contributed by atoms with E-state index >= 15 is 0 Å². The summed E-state index contributed by atoms with van der Waals surface area (Å²) in [5.74, 6) is 0. The Bertz CT molecular complexity index is 1120. The van der Waals surface area contributed by atoms with Gasteiger partial charge < -0.3 is 15.7 Å². The van der Waals surface area contributed by atoms with Crippen LogP contribution in [-0.2, 0) is 10.0 Å². The van der Waals surface area contributed by atoms with Gasteiger partial charge in [0.1, 0.15) is 0 Å². The number of hydrogen-bond donors (Lipinski definition) is 4. The highest BCUT2D eigenvalue weighted by molar-refractivity contribution is 7.89. The minimum atomic E-state index is -3.86. The van der Waals surface area contributed by atoms with Crippen molar-refractivity contribution < 1.29 is 8.42 Å². The van der Waals surface area contributed by atoms with Crippen molar-refractivity contribution in [1.29, 1.82) is 0 Å². The minimum Gasteiger partial charge on any atom is -0.398 e. The second-order valence-electron chi connectivity index (χ2n) is 4.55. The minimum absolute atomic E-state index is 0. The third kappa shape index (κ3) is 2.45. The Morgan fingerprint density at radius 3 is 2.23 bits per heavy atom. The van der Waals surface area contributed by atoms with E-state index in [0.717, 1.165) is 0 Å². The Kier molecular flexibility index (Phi) is 3.73. The number of nitrogens with two attached hydrogens (primary N) is 2. The molecule has 10 heteroatoms. The summed E-state index contributed by atoms with van der Waals surface area (Å²) in [6, 6.07) is 5.55. The Morgan fingerprint density at radius 2 is 1.59 bits per heavy atom. The number of hydrogen-bond acceptors (Lipinski definition) is 5. The maximum Gasteiger partial charge on any atom is 0.314 e. The van der Waals surface area contributed by atoms with Crippen molar-refractivity contribution >= 4 is 49.9 Å². The van der Waals surface area contributed by atoms with Crippen LogP contribution in [0.15, 0.2) is 38.8 Å². The molecule has 0 fully saturated rings. The first kappa shape index (κ1) is 16.0. The number of aromatic nitrogens is 2. The van der Waals surface area contributed by atoms with Gasteiger partial charge in [0.15, 0.2) is 0 Å². The lowest BCUT2D eigenvalue weighted by Gasteiger charge is -2.08. The van der Waals surface area contributed by atoms with Crippen molar-refractivity contribution in [3.63, 3.8) is 0 Å². The number of primary sulfonamides is 1. The van der Waals surface area contributed by atoms with Gasteiger partial charge in [0, 0.05) is 16.5 Å². The van der Waals surface area contributed by atoms with Crippen LogP contribution in [-0.4, -0.2) is 18.4 Å². The molecule has 1 aromatic heterocycles. The smallest absolute Gasteiger partial charge is 0.314 e. The van der Waals surface area contributed by atoms with E-state index in [1.165, 1.54) is 24.3 Å². The highest BCUT2D eigenvalue weighted by atomic mass is 35.5. The molecule has 0 saturated carbocycles. The van der Waals surface area contributed by atoms with E-state index in [9.17, 15) is 18.0 Å². The second kappa shape index (κ2) is 5.13. The van der Waals surface area contributed by atoms with Crippen LogP contribution < -0.4 is 22.0 Å². The van der Waals surface area contributed by atoms with E-state index in [1.807, 2.05) is 0 Å². The summed E-state index contributed by atoms with van der Waals surface area (Å²) in [4.78, 5) is 27.5.